The lowest BCUT2D eigenvalue weighted by Crippen LogP contribution is -2.39. The van der Waals surface area contributed by atoms with Gasteiger partial charge in [-0.1, -0.05) is 5.16 Å². The maximum Gasteiger partial charge on any atom is 0.255 e. The second-order valence-electron chi connectivity index (χ2n) is 8.46. The van der Waals surface area contributed by atoms with Gasteiger partial charge in [-0.25, -0.2) is 0 Å². The van der Waals surface area contributed by atoms with E-state index in [-0.39, 0.29) is 11.8 Å². The smallest absolute Gasteiger partial charge is 0.255 e. The highest BCUT2D eigenvalue weighted by Crippen LogP contribution is 2.27. The topological polar surface area (TPSA) is 79.5 Å². The Bertz CT molecular complexity index is 872. The summed E-state index contributed by atoms with van der Waals surface area (Å²) in [5.41, 5.74) is 3.38. The Kier molecular flexibility index (Phi) is 6.16. The highest BCUT2D eigenvalue weighted by atomic mass is 16.5. The van der Waals surface area contributed by atoms with Gasteiger partial charge in [0.15, 0.2) is 0 Å². The molecule has 0 aliphatic carbocycles. The average molecular weight is 411 g/mol. The highest BCUT2D eigenvalue weighted by Gasteiger charge is 2.26. The summed E-state index contributed by atoms with van der Waals surface area (Å²) < 4.78 is 5.17. The molecule has 4 rings (SSSR count). The normalized spacial score (nSPS) is 17.9. The van der Waals surface area contributed by atoms with Crippen molar-refractivity contribution in [2.24, 2.45) is 0 Å². The number of piperidine rings is 2. The first-order valence-electron chi connectivity index (χ1n) is 11.0. The molecule has 2 aliphatic rings. The van der Waals surface area contributed by atoms with E-state index in [2.05, 4.69) is 10.1 Å². The summed E-state index contributed by atoms with van der Waals surface area (Å²) in [5, 5.41) is 3.93. The number of carbonyl (C=O) groups is 2. The number of amides is 2. The van der Waals surface area contributed by atoms with Gasteiger partial charge < -0.3 is 14.3 Å². The lowest BCUT2D eigenvalue weighted by atomic mass is 9.92. The van der Waals surface area contributed by atoms with Crippen molar-refractivity contribution in [2.75, 3.05) is 26.2 Å². The van der Waals surface area contributed by atoms with Crippen molar-refractivity contribution in [2.45, 2.75) is 58.3 Å². The Morgan fingerprint density at radius 2 is 1.77 bits per heavy atom. The Balaban J connectivity index is 1.31. The van der Waals surface area contributed by atoms with Crippen molar-refractivity contribution in [3.8, 4) is 0 Å². The van der Waals surface area contributed by atoms with E-state index < -0.39 is 0 Å². The number of rotatable bonds is 4. The molecule has 7 nitrogen and oxygen atoms in total. The standard InChI is InChI=1S/C23H30N4O3/c1-16-20(17(2)30-25-16)14-22(28)26-12-8-18(9-13-26)21-7-6-19(15-24-21)23(29)27-10-4-3-5-11-27/h6-7,15,18H,3-5,8-14H2,1-2H3. The van der Waals surface area contributed by atoms with Crippen molar-refractivity contribution in [1.82, 2.24) is 19.9 Å². The Labute approximate surface area is 177 Å². The van der Waals surface area contributed by atoms with Crippen molar-refractivity contribution in [1.29, 1.82) is 0 Å². The molecular formula is C23H30N4O3. The van der Waals surface area contributed by atoms with Crippen LogP contribution in [0.1, 0.15) is 71.1 Å². The van der Waals surface area contributed by atoms with Gasteiger partial charge in [-0.05, 0) is 58.1 Å². The number of aryl methyl sites for hydroxylation is 2. The Hall–Kier alpha value is -2.70. The quantitative estimate of drug-likeness (QED) is 0.773. The first-order valence-corrected chi connectivity index (χ1v) is 11.0. The third-order valence-corrected chi connectivity index (χ3v) is 6.45. The third kappa shape index (κ3) is 4.40. The minimum absolute atomic E-state index is 0.0912. The van der Waals surface area contributed by atoms with Crippen molar-refractivity contribution < 1.29 is 14.1 Å². The number of carbonyl (C=O) groups excluding carboxylic acids is 2. The fraction of sp³-hybridized carbons (Fsp3) is 0.565. The van der Waals surface area contributed by atoms with Crippen LogP contribution in [0.3, 0.4) is 0 Å². The molecule has 4 heterocycles. The molecule has 2 saturated heterocycles. The summed E-state index contributed by atoms with van der Waals surface area (Å²) >= 11 is 0. The molecule has 2 aliphatic heterocycles. The zero-order valence-electron chi connectivity index (χ0n) is 17.9. The van der Waals surface area contributed by atoms with Gasteiger partial charge in [0.25, 0.3) is 5.91 Å². The van der Waals surface area contributed by atoms with Crippen LogP contribution in [0.4, 0.5) is 0 Å². The number of likely N-dealkylation sites (tertiary alicyclic amines) is 2. The zero-order valence-corrected chi connectivity index (χ0v) is 17.9. The molecule has 2 fully saturated rings. The van der Waals surface area contributed by atoms with Gasteiger partial charge in [-0.2, -0.15) is 0 Å². The maximum atomic E-state index is 12.7. The van der Waals surface area contributed by atoms with Crippen molar-refractivity contribution in [3.63, 3.8) is 0 Å². The van der Waals surface area contributed by atoms with E-state index in [1.807, 2.05) is 35.8 Å². The molecule has 0 aromatic carbocycles. The van der Waals surface area contributed by atoms with E-state index in [1.165, 1.54) is 6.42 Å². The fourth-order valence-corrected chi connectivity index (χ4v) is 4.49. The summed E-state index contributed by atoms with van der Waals surface area (Å²) in [6.45, 7) is 6.87. The minimum Gasteiger partial charge on any atom is -0.361 e. The van der Waals surface area contributed by atoms with Gasteiger partial charge in [0.05, 0.1) is 17.7 Å². The predicted octanol–water partition coefficient (Wildman–Crippen LogP) is 3.26. The molecule has 0 saturated carbocycles. The summed E-state index contributed by atoms with van der Waals surface area (Å²) in [7, 11) is 0. The van der Waals surface area contributed by atoms with Gasteiger partial charge >= 0.3 is 0 Å². The van der Waals surface area contributed by atoms with E-state index in [9.17, 15) is 9.59 Å². The lowest BCUT2D eigenvalue weighted by molar-refractivity contribution is -0.131. The van der Waals surface area contributed by atoms with Gasteiger partial charge in [0, 0.05) is 49.6 Å². The number of nitrogens with zero attached hydrogens (tertiary/aromatic N) is 4. The van der Waals surface area contributed by atoms with Gasteiger partial charge in [-0.3, -0.25) is 14.6 Å². The number of aromatic nitrogens is 2. The van der Waals surface area contributed by atoms with Crippen LogP contribution in [-0.2, 0) is 11.2 Å². The molecule has 0 N–H and O–H groups in total. The van der Waals surface area contributed by atoms with Crippen LogP contribution in [0.5, 0.6) is 0 Å². The molecule has 0 bridgehead atoms. The zero-order chi connectivity index (χ0) is 21.1. The van der Waals surface area contributed by atoms with E-state index in [1.54, 1.807) is 6.20 Å². The third-order valence-electron chi connectivity index (χ3n) is 6.45. The summed E-state index contributed by atoms with van der Waals surface area (Å²) in [4.78, 5) is 33.8. The average Bonchev–Trinajstić information content (AvgIpc) is 3.11. The second kappa shape index (κ2) is 8.98. The van der Waals surface area contributed by atoms with Gasteiger partial charge in [-0.15, -0.1) is 0 Å². The van der Waals surface area contributed by atoms with Crippen LogP contribution in [0.25, 0.3) is 0 Å². The number of pyridine rings is 1. The van der Waals surface area contributed by atoms with Gasteiger partial charge in [0.1, 0.15) is 5.76 Å². The lowest BCUT2D eigenvalue weighted by Gasteiger charge is -2.32. The van der Waals surface area contributed by atoms with E-state index in [0.29, 0.717) is 17.9 Å². The molecule has 0 radical (unpaired) electrons. The molecule has 0 spiro atoms. The van der Waals surface area contributed by atoms with Crippen LogP contribution in [-0.4, -0.2) is 57.9 Å². The van der Waals surface area contributed by atoms with Gasteiger partial charge in [0.2, 0.25) is 5.91 Å². The Morgan fingerprint density at radius 1 is 1.03 bits per heavy atom. The SMILES string of the molecule is Cc1noc(C)c1CC(=O)N1CCC(c2ccc(C(=O)N3CCCCC3)cn2)CC1. The van der Waals surface area contributed by atoms with Crippen LogP contribution in [0.2, 0.25) is 0 Å². The van der Waals surface area contributed by atoms with Crippen LogP contribution in [0, 0.1) is 13.8 Å². The molecule has 2 aromatic rings. The predicted molar refractivity (Wildman–Crippen MR) is 112 cm³/mol. The molecule has 30 heavy (non-hydrogen) atoms. The number of hydrogen-bond acceptors (Lipinski definition) is 5. The summed E-state index contributed by atoms with van der Waals surface area (Å²) in [5.74, 6) is 1.26. The highest BCUT2D eigenvalue weighted by molar-refractivity contribution is 5.94. The van der Waals surface area contributed by atoms with Crippen molar-refractivity contribution in [3.05, 3.63) is 46.6 Å². The van der Waals surface area contributed by atoms with Crippen LogP contribution < -0.4 is 0 Å². The summed E-state index contributed by atoms with van der Waals surface area (Å²) in [6.07, 6.45) is 7.23. The van der Waals surface area contributed by atoms with E-state index >= 15 is 0 Å². The second-order valence-corrected chi connectivity index (χ2v) is 8.46. The first kappa shape index (κ1) is 20.6. The molecule has 7 heteroatoms. The minimum atomic E-state index is 0.0912. The fourth-order valence-electron chi connectivity index (χ4n) is 4.49. The van der Waals surface area contributed by atoms with Crippen LogP contribution in [0.15, 0.2) is 22.9 Å². The molecule has 0 atom stereocenters. The van der Waals surface area contributed by atoms with E-state index in [0.717, 1.165) is 74.6 Å². The Morgan fingerprint density at radius 3 is 2.37 bits per heavy atom. The largest absolute Gasteiger partial charge is 0.361 e. The molecule has 0 unspecified atom stereocenters. The molecule has 2 amide bonds. The monoisotopic (exact) mass is 410 g/mol. The molecule has 2 aromatic heterocycles. The van der Waals surface area contributed by atoms with Crippen LogP contribution >= 0.6 is 0 Å². The molecular weight excluding hydrogens is 380 g/mol. The first-order chi connectivity index (χ1) is 14.5. The van der Waals surface area contributed by atoms with Crippen molar-refractivity contribution >= 4 is 11.8 Å². The number of hydrogen-bond donors (Lipinski definition) is 0. The maximum absolute atomic E-state index is 12.7. The molecule has 160 valence electrons. The summed E-state index contributed by atoms with van der Waals surface area (Å²) in [6, 6.07) is 3.90. The van der Waals surface area contributed by atoms with E-state index in [4.69, 9.17) is 4.52 Å².